The largest absolute Gasteiger partial charge is 0.493 e. The number of ether oxygens (including phenoxy) is 2. The third kappa shape index (κ3) is 4.40. The quantitative estimate of drug-likeness (QED) is 0.686. The minimum atomic E-state index is -0.246. The van der Waals surface area contributed by atoms with Crippen molar-refractivity contribution in [1.82, 2.24) is 5.32 Å². The Labute approximate surface area is 171 Å². The van der Waals surface area contributed by atoms with E-state index < -0.39 is 0 Å². The van der Waals surface area contributed by atoms with Gasteiger partial charge in [-0.15, -0.1) is 0 Å². The molecule has 1 fully saturated rings. The molecular formula is C19H16Cl2N2O3S. The Morgan fingerprint density at radius 3 is 2.52 bits per heavy atom. The highest BCUT2D eigenvalue weighted by atomic mass is 35.5. The second kappa shape index (κ2) is 8.25. The van der Waals surface area contributed by atoms with E-state index in [0.717, 1.165) is 5.56 Å². The molecule has 2 aromatic rings. The van der Waals surface area contributed by atoms with Gasteiger partial charge in [-0.05, 0) is 54.1 Å². The zero-order valence-corrected chi connectivity index (χ0v) is 17.1. The van der Waals surface area contributed by atoms with Gasteiger partial charge in [0.05, 0.1) is 29.8 Å². The summed E-state index contributed by atoms with van der Waals surface area (Å²) in [5.41, 5.74) is 2.31. The Kier molecular flexibility index (Phi) is 5.99. The van der Waals surface area contributed by atoms with Gasteiger partial charge < -0.3 is 14.8 Å². The first-order valence-electron chi connectivity index (χ1n) is 7.88. The molecule has 27 heavy (non-hydrogen) atoms. The Bertz CT molecular complexity index is 974. The second-order valence-electron chi connectivity index (χ2n) is 5.64. The van der Waals surface area contributed by atoms with Crippen molar-refractivity contribution < 1.29 is 14.3 Å². The molecule has 0 bridgehead atoms. The van der Waals surface area contributed by atoms with Crippen LogP contribution in [0, 0.1) is 6.92 Å². The third-order valence-electron chi connectivity index (χ3n) is 3.83. The zero-order chi connectivity index (χ0) is 19.6. The van der Waals surface area contributed by atoms with E-state index in [-0.39, 0.29) is 5.91 Å². The molecule has 8 heteroatoms. The van der Waals surface area contributed by atoms with E-state index in [9.17, 15) is 4.79 Å². The SMILES string of the molecule is COc1cc(Cl)c(/C=C2\SC(=Nc3cc(Cl)ccc3C)NC2=O)cc1OC. The molecule has 0 aliphatic carbocycles. The standard InChI is InChI=1S/C19H16Cl2N2O3S/c1-10-4-5-12(20)8-14(10)22-19-23-18(24)17(27-19)7-11-6-15(25-2)16(26-3)9-13(11)21/h4-9H,1-3H3,(H,22,23,24)/b17-7-. The number of benzene rings is 2. The van der Waals surface area contributed by atoms with Gasteiger partial charge in [-0.2, -0.15) is 0 Å². The Morgan fingerprint density at radius 1 is 1.11 bits per heavy atom. The molecule has 1 heterocycles. The van der Waals surface area contributed by atoms with E-state index in [4.69, 9.17) is 32.7 Å². The molecule has 1 saturated heterocycles. The maximum Gasteiger partial charge on any atom is 0.264 e. The van der Waals surface area contributed by atoms with Crippen molar-refractivity contribution in [3.8, 4) is 11.5 Å². The average Bonchev–Trinajstić information content (AvgIpc) is 2.98. The number of amidine groups is 1. The van der Waals surface area contributed by atoms with Gasteiger partial charge in [-0.1, -0.05) is 29.3 Å². The van der Waals surface area contributed by atoms with Crippen LogP contribution >= 0.6 is 35.0 Å². The lowest BCUT2D eigenvalue weighted by molar-refractivity contribution is -0.115. The van der Waals surface area contributed by atoms with Crippen LogP contribution in [-0.4, -0.2) is 25.3 Å². The molecule has 1 N–H and O–H groups in total. The first-order chi connectivity index (χ1) is 12.9. The van der Waals surface area contributed by atoms with Crippen molar-refractivity contribution in [2.75, 3.05) is 14.2 Å². The fourth-order valence-corrected chi connectivity index (χ4v) is 3.61. The number of amides is 1. The molecular weight excluding hydrogens is 407 g/mol. The molecule has 0 aromatic heterocycles. The normalized spacial score (nSPS) is 16.7. The smallest absolute Gasteiger partial charge is 0.264 e. The van der Waals surface area contributed by atoms with E-state index in [1.165, 1.54) is 26.0 Å². The maximum absolute atomic E-state index is 12.3. The average molecular weight is 423 g/mol. The molecule has 3 rings (SSSR count). The van der Waals surface area contributed by atoms with E-state index in [2.05, 4.69) is 10.3 Å². The lowest BCUT2D eigenvalue weighted by Gasteiger charge is -2.09. The van der Waals surface area contributed by atoms with Crippen molar-refractivity contribution >= 4 is 57.8 Å². The number of carbonyl (C=O) groups excluding carboxylic acids is 1. The van der Waals surface area contributed by atoms with Gasteiger partial charge in [0.1, 0.15) is 0 Å². The molecule has 0 saturated carbocycles. The fourth-order valence-electron chi connectivity index (χ4n) is 2.41. The summed E-state index contributed by atoms with van der Waals surface area (Å²) in [6.45, 7) is 1.93. The monoisotopic (exact) mass is 422 g/mol. The minimum absolute atomic E-state index is 0.246. The Balaban J connectivity index is 1.92. The molecule has 1 amide bonds. The lowest BCUT2D eigenvalue weighted by atomic mass is 10.2. The third-order valence-corrected chi connectivity index (χ3v) is 5.31. The predicted octanol–water partition coefficient (Wildman–Crippen LogP) is 5.21. The van der Waals surface area contributed by atoms with Crippen LogP contribution in [0.4, 0.5) is 5.69 Å². The summed E-state index contributed by atoms with van der Waals surface area (Å²) in [7, 11) is 3.07. The molecule has 0 spiro atoms. The van der Waals surface area contributed by atoms with Crippen LogP contribution in [0.5, 0.6) is 11.5 Å². The number of thioether (sulfide) groups is 1. The molecule has 0 unspecified atom stereocenters. The number of hydrogen-bond donors (Lipinski definition) is 1. The van der Waals surface area contributed by atoms with Gasteiger partial charge in [0, 0.05) is 11.1 Å². The summed E-state index contributed by atoms with van der Waals surface area (Å²) in [4.78, 5) is 17.3. The molecule has 140 valence electrons. The Morgan fingerprint density at radius 2 is 1.81 bits per heavy atom. The van der Waals surface area contributed by atoms with Crippen molar-refractivity contribution in [2.24, 2.45) is 4.99 Å². The summed E-state index contributed by atoms with van der Waals surface area (Å²) in [5, 5.41) is 4.27. The summed E-state index contributed by atoms with van der Waals surface area (Å²) in [6.07, 6.45) is 1.69. The molecule has 0 radical (unpaired) electrons. The number of nitrogens with one attached hydrogen (secondary N) is 1. The molecule has 1 aliphatic rings. The summed E-state index contributed by atoms with van der Waals surface area (Å²) in [6, 6.07) is 8.80. The van der Waals surface area contributed by atoms with E-state index in [1.54, 1.807) is 30.3 Å². The number of rotatable bonds is 4. The number of aliphatic imine (C=N–C) groups is 1. The van der Waals surface area contributed by atoms with Gasteiger partial charge in [0.2, 0.25) is 0 Å². The van der Waals surface area contributed by atoms with Crippen molar-refractivity contribution in [3.05, 3.63) is 56.4 Å². The van der Waals surface area contributed by atoms with Crippen molar-refractivity contribution in [2.45, 2.75) is 6.92 Å². The van der Waals surface area contributed by atoms with Crippen molar-refractivity contribution in [1.29, 1.82) is 0 Å². The second-order valence-corrected chi connectivity index (χ2v) is 7.52. The van der Waals surface area contributed by atoms with Gasteiger partial charge in [-0.3, -0.25) is 4.79 Å². The van der Waals surface area contributed by atoms with Gasteiger partial charge in [-0.25, -0.2) is 4.99 Å². The number of nitrogens with zero attached hydrogens (tertiary/aromatic N) is 1. The first-order valence-corrected chi connectivity index (χ1v) is 9.45. The minimum Gasteiger partial charge on any atom is -0.493 e. The van der Waals surface area contributed by atoms with Crippen LogP contribution in [0.3, 0.4) is 0 Å². The summed E-state index contributed by atoms with van der Waals surface area (Å²) in [5.74, 6) is 0.803. The van der Waals surface area contributed by atoms with Crippen molar-refractivity contribution in [3.63, 3.8) is 0 Å². The number of halogens is 2. The van der Waals surface area contributed by atoms with E-state index >= 15 is 0 Å². The predicted molar refractivity (Wildman–Crippen MR) is 112 cm³/mol. The lowest BCUT2D eigenvalue weighted by Crippen LogP contribution is -2.19. The van der Waals surface area contributed by atoms with Crippen LogP contribution in [-0.2, 0) is 4.79 Å². The van der Waals surface area contributed by atoms with Crippen LogP contribution in [0.15, 0.2) is 40.2 Å². The van der Waals surface area contributed by atoms with Gasteiger partial charge in [0.15, 0.2) is 16.7 Å². The highest BCUT2D eigenvalue weighted by Crippen LogP contribution is 2.36. The van der Waals surface area contributed by atoms with E-state index in [1.807, 2.05) is 13.0 Å². The van der Waals surface area contributed by atoms with Crippen LogP contribution < -0.4 is 14.8 Å². The summed E-state index contributed by atoms with van der Waals surface area (Å²) < 4.78 is 10.5. The number of methoxy groups -OCH3 is 2. The number of hydrogen-bond acceptors (Lipinski definition) is 5. The molecule has 0 atom stereocenters. The Hall–Kier alpha value is -2.15. The molecule has 2 aromatic carbocycles. The van der Waals surface area contributed by atoms with Crippen LogP contribution in [0.2, 0.25) is 10.0 Å². The summed E-state index contributed by atoms with van der Waals surface area (Å²) >= 11 is 13.6. The highest BCUT2D eigenvalue weighted by Gasteiger charge is 2.24. The first kappa shape index (κ1) is 19.6. The number of aryl methyl sites for hydroxylation is 1. The topological polar surface area (TPSA) is 59.9 Å². The molecule has 5 nitrogen and oxygen atoms in total. The van der Waals surface area contributed by atoms with Crippen LogP contribution in [0.25, 0.3) is 6.08 Å². The fraction of sp³-hybridized carbons (Fsp3) is 0.158. The zero-order valence-electron chi connectivity index (χ0n) is 14.8. The van der Waals surface area contributed by atoms with Gasteiger partial charge in [0.25, 0.3) is 5.91 Å². The molecule has 1 aliphatic heterocycles. The van der Waals surface area contributed by atoms with Gasteiger partial charge >= 0.3 is 0 Å². The highest BCUT2D eigenvalue weighted by molar-refractivity contribution is 8.18. The van der Waals surface area contributed by atoms with Crippen LogP contribution in [0.1, 0.15) is 11.1 Å². The van der Waals surface area contributed by atoms with E-state index in [0.29, 0.717) is 42.9 Å². The maximum atomic E-state index is 12.3. The number of carbonyl (C=O) groups is 1.